The molecule has 0 aromatic carbocycles. The highest BCUT2D eigenvalue weighted by atomic mass is 16.2. The van der Waals surface area contributed by atoms with Crippen LogP contribution < -0.4 is 5.32 Å². The van der Waals surface area contributed by atoms with E-state index in [-0.39, 0.29) is 17.9 Å². The van der Waals surface area contributed by atoms with Crippen molar-refractivity contribution in [3.63, 3.8) is 0 Å². The number of nitrogens with one attached hydrogen (secondary N) is 1. The van der Waals surface area contributed by atoms with Crippen LogP contribution in [0.25, 0.3) is 0 Å². The minimum Gasteiger partial charge on any atom is -0.356 e. The van der Waals surface area contributed by atoms with Crippen LogP contribution in [0.3, 0.4) is 0 Å². The number of nitrogens with zero attached hydrogens (tertiary/aromatic N) is 2. The van der Waals surface area contributed by atoms with Crippen LogP contribution in [0.1, 0.15) is 26.2 Å². The fourth-order valence-electron chi connectivity index (χ4n) is 2.04. The molecule has 1 heterocycles. The first-order valence-electron chi connectivity index (χ1n) is 6.30. The van der Waals surface area contributed by atoms with E-state index in [1.54, 1.807) is 23.9 Å². The van der Waals surface area contributed by atoms with E-state index in [0.717, 1.165) is 32.4 Å². The highest BCUT2D eigenvalue weighted by molar-refractivity contribution is 5.80. The zero-order valence-corrected chi connectivity index (χ0v) is 11.0. The van der Waals surface area contributed by atoms with Gasteiger partial charge in [0.25, 0.3) is 0 Å². The van der Waals surface area contributed by atoms with E-state index in [9.17, 15) is 9.59 Å². The van der Waals surface area contributed by atoms with Crippen LogP contribution in [0.15, 0.2) is 0 Å². The number of hydrogen-bond acceptors (Lipinski definition) is 2. The average molecular weight is 241 g/mol. The third-order valence-electron chi connectivity index (χ3n) is 2.99. The van der Waals surface area contributed by atoms with Gasteiger partial charge in [0.05, 0.1) is 5.92 Å². The van der Waals surface area contributed by atoms with Crippen molar-refractivity contribution in [1.29, 1.82) is 0 Å². The van der Waals surface area contributed by atoms with Crippen molar-refractivity contribution < 1.29 is 9.59 Å². The third kappa shape index (κ3) is 3.91. The topological polar surface area (TPSA) is 52.7 Å². The molecule has 1 aliphatic heterocycles. The van der Waals surface area contributed by atoms with Gasteiger partial charge in [0.1, 0.15) is 0 Å². The molecule has 0 unspecified atom stereocenters. The molecule has 0 bridgehead atoms. The molecular weight excluding hydrogens is 218 g/mol. The van der Waals surface area contributed by atoms with Crippen molar-refractivity contribution in [2.75, 3.05) is 33.7 Å². The lowest BCUT2D eigenvalue weighted by molar-refractivity contribution is -0.126. The van der Waals surface area contributed by atoms with Crippen molar-refractivity contribution >= 4 is 11.9 Å². The molecule has 0 aromatic heterocycles. The van der Waals surface area contributed by atoms with Crippen LogP contribution in [0.5, 0.6) is 0 Å². The first-order valence-corrected chi connectivity index (χ1v) is 6.30. The number of likely N-dealkylation sites (tertiary alicyclic amines) is 1. The largest absolute Gasteiger partial charge is 0.356 e. The Hall–Kier alpha value is -1.26. The molecule has 0 radical (unpaired) electrons. The Labute approximate surface area is 103 Å². The molecule has 1 aliphatic rings. The Bertz CT molecular complexity index is 279. The van der Waals surface area contributed by atoms with Crippen molar-refractivity contribution in [3.05, 3.63) is 0 Å². The SMILES string of the molecule is CCCNC(=O)[C@H]1CCCN(C(=O)N(C)C)C1. The number of hydrogen-bond donors (Lipinski definition) is 1. The second-order valence-corrected chi connectivity index (χ2v) is 4.75. The zero-order chi connectivity index (χ0) is 12.8. The molecule has 0 aliphatic carbocycles. The van der Waals surface area contributed by atoms with E-state index in [2.05, 4.69) is 5.32 Å². The Morgan fingerprint density at radius 1 is 1.41 bits per heavy atom. The second-order valence-electron chi connectivity index (χ2n) is 4.75. The van der Waals surface area contributed by atoms with Gasteiger partial charge in [0, 0.05) is 33.7 Å². The summed E-state index contributed by atoms with van der Waals surface area (Å²) in [5.41, 5.74) is 0. The number of amides is 3. The molecule has 1 rings (SSSR count). The molecule has 1 N–H and O–H groups in total. The second kappa shape index (κ2) is 6.47. The normalized spacial score (nSPS) is 19.9. The summed E-state index contributed by atoms with van der Waals surface area (Å²) in [6, 6.07) is -0.00186. The summed E-state index contributed by atoms with van der Waals surface area (Å²) in [6.07, 6.45) is 2.73. The molecule has 17 heavy (non-hydrogen) atoms. The highest BCUT2D eigenvalue weighted by Gasteiger charge is 2.28. The Morgan fingerprint density at radius 3 is 2.71 bits per heavy atom. The molecular formula is C12H23N3O2. The molecule has 3 amide bonds. The van der Waals surface area contributed by atoms with Crippen LogP contribution >= 0.6 is 0 Å². The van der Waals surface area contributed by atoms with Gasteiger partial charge in [-0.25, -0.2) is 4.79 Å². The van der Waals surface area contributed by atoms with Gasteiger partial charge in [-0.1, -0.05) is 6.92 Å². The lowest BCUT2D eigenvalue weighted by Gasteiger charge is -2.33. The average Bonchev–Trinajstić information content (AvgIpc) is 2.35. The summed E-state index contributed by atoms with van der Waals surface area (Å²) >= 11 is 0. The quantitative estimate of drug-likeness (QED) is 0.798. The summed E-state index contributed by atoms with van der Waals surface area (Å²) < 4.78 is 0. The predicted molar refractivity (Wildman–Crippen MR) is 66.7 cm³/mol. The van der Waals surface area contributed by atoms with Gasteiger partial charge in [-0.2, -0.15) is 0 Å². The Balaban J connectivity index is 2.48. The van der Waals surface area contributed by atoms with Crippen LogP contribution in [-0.4, -0.2) is 55.5 Å². The number of rotatable bonds is 3. The maximum Gasteiger partial charge on any atom is 0.319 e. The van der Waals surface area contributed by atoms with E-state index in [4.69, 9.17) is 0 Å². The predicted octanol–water partition coefficient (Wildman–Crippen LogP) is 0.906. The van der Waals surface area contributed by atoms with E-state index in [1.807, 2.05) is 6.92 Å². The van der Waals surface area contributed by atoms with Gasteiger partial charge in [0.15, 0.2) is 0 Å². The zero-order valence-electron chi connectivity index (χ0n) is 11.0. The van der Waals surface area contributed by atoms with Gasteiger partial charge >= 0.3 is 6.03 Å². The van der Waals surface area contributed by atoms with E-state index >= 15 is 0 Å². The van der Waals surface area contributed by atoms with Crippen LogP contribution in [-0.2, 0) is 4.79 Å². The van der Waals surface area contributed by atoms with Gasteiger partial charge in [0.2, 0.25) is 5.91 Å². The van der Waals surface area contributed by atoms with Gasteiger partial charge < -0.3 is 15.1 Å². The minimum atomic E-state index is -0.0424. The fourth-order valence-corrected chi connectivity index (χ4v) is 2.04. The number of urea groups is 1. The molecule has 0 saturated carbocycles. The molecule has 1 saturated heterocycles. The summed E-state index contributed by atoms with van der Waals surface area (Å²) in [4.78, 5) is 27.0. The smallest absolute Gasteiger partial charge is 0.319 e. The maximum absolute atomic E-state index is 11.8. The van der Waals surface area contributed by atoms with Gasteiger partial charge in [-0.3, -0.25) is 4.79 Å². The maximum atomic E-state index is 11.8. The standard InChI is InChI=1S/C12H23N3O2/c1-4-7-13-11(16)10-6-5-8-15(9-10)12(17)14(2)3/h10H,4-9H2,1-3H3,(H,13,16)/t10-/m0/s1. The van der Waals surface area contributed by atoms with Gasteiger partial charge in [-0.15, -0.1) is 0 Å². The molecule has 98 valence electrons. The first-order chi connectivity index (χ1) is 8.06. The molecule has 1 atom stereocenters. The molecule has 5 nitrogen and oxygen atoms in total. The molecule has 5 heteroatoms. The Morgan fingerprint density at radius 2 is 2.12 bits per heavy atom. The van der Waals surface area contributed by atoms with Crippen molar-refractivity contribution in [3.8, 4) is 0 Å². The summed E-state index contributed by atoms with van der Waals surface area (Å²) in [7, 11) is 3.48. The van der Waals surface area contributed by atoms with Crippen LogP contribution in [0.2, 0.25) is 0 Å². The monoisotopic (exact) mass is 241 g/mol. The van der Waals surface area contributed by atoms with E-state index < -0.39 is 0 Å². The third-order valence-corrected chi connectivity index (χ3v) is 2.99. The summed E-state index contributed by atoms with van der Waals surface area (Å²) in [5, 5.41) is 2.90. The molecule has 1 fully saturated rings. The molecule has 0 aromatic rings. The Kier molecular flexibility index (Phi) is 5.25. The number of carbonyl (C=O) groups excluding carboxylic acids is 2. The minimum absolute atomic E-state index is 0.00186. The van der Waals surface area contributed by atoms with Crippen molar-refractivity contribution in [2.45, 2.75) is 26.2 Å². The van der Waals surface area contributed by atoms with E-state index in [0.29, 0.717) is 6.54 Å². The molecule has 0 spiro atoms. The number of piperidine rings is 1. The lowest BCUT2D eigenvalue weighted by Crippen LogP contribution is -2.48. The van der Waals surface area contributed by atoms with Crippen LogP contribution in [0.4, 0.5) is 4.79 Å². The summed E-state index contributed by atoms with van der Waals surface area (Å²) in [5.74, 6) is 0.0438. The fraction of sp³-hybridized carbons (Fsp3) is 0.833. The number of carbonyl (C=O) groups is 2. The lowest BCUT2D eigenvalue weighted by atomic mass is 9.97. The highest BCUT2D eigenvalue weighted by Crippen LogP contribution is 2.17. The summed E-state index contributed by atoms with van der Waals surface area (Å²) in [6.45, 7) is 4.06. The first kappa shape index (κ1) is 13.8. The van der Waals surface area contributed by atoms with Gasteiger partial charge in [-0.05, 0) is 19.3 Å². The van der Waals surface area contributed by atoms with Crippen LogP contribution in [0, 0.1) is 5.92 Å². The van der Waals surface area contributed by atoms with Crippen molar-refractivity contribution in [2.24, 2.45) is 5.92 Å². The van der Waals surface area contributed by atoms with E-state index in [1.165, 1.54) is 0 Å². The van der Waals surface area contributed by atoms with Crippen molar-refractivity contribution in [1.82, 2.24) is 15.1 Å².